The maximum absolute atomic E-state index is 10.8. The molecule has 1 aromatic carbocycles. The lowest BCUT2D eigenvalue weighted by molar-refractivity contribution is -0.384. The largest absolute Gasteiger partial charge is 0.478 e. The van der Waals surface area contributed by atoms with Gasteiger partial charge in [0, 0.05) is 12.1 Å². The molecule has 0 atom stereocenters. The van der Waals surface area contributed by atoms with E-state index in [0.717, 1.165) is 18.2 Å². The van der Waals surface area contributed by atoms with E-state index in [4.69, 9.17) is 5.11 Å². The summed E-state index contributed by atoms with van der Waals surface area (Å²) in [6.45, 7) is 0. The fraction of sp³-hybridized carbons (Fsp3) is 0. The molecule has 0 aromatic heterocycles. The molecule has 0 heterocycles. The Kier molecular flexibility index (Phi) is 2.14. The smallest absolute Gasteiger partial charge is 0.339 e. The van der Waals surface area contributed by atoms with Crippen molar-refractivity contribution in [2.75, 3.05) is 0 Å². The van der Waals surface area contributed by atoms with Crippen LogP contribution in [0.2, 0.25) is 0 Å². The van der Waals surface area contributed by atoms with Gasteiger partial charge in [0.25, 0.3) is 5.69 Å². The van der Waals surface area contributed by atoms with Crippen molar-refractivity contribution < 1.29 is 19.9 Å². The molecule has 0 saturated heterocycles. The molecule has 0 saturated carbocycles. The molecule has 1 radical (unpaired) electrons. The predicted octanol–water partition coefficient (Wildman–Crippen LogP) is 1.44. The summed E-state index contributed by atoms with van der Waals surface area (Å²) in [7, 11) is 0. The molecule has 0 aliphatic carbocycles. The van der Waals surface area contributed by atoms with E-state index in [0.29, 0.717) is 0 Å². The van der Waals surface area contributed by atoms with Gasteiger partial charge in [0.05, 0.1) is 4.92 Å². The number of hydrogen-bond donors (Lipinski definition) is 1. The number of carboxylic acids is 1. The average Bonchev–Trinajstić information content (AvgIpc) is 2.04. The number of non-ortho nitro benzene ring substituents is 1. The SMILES string of the molecule is [O]c1ccc([N+](=O)[O-])cc1C(=O)O. The highest BCUT2D eigenvalue weighted by Gasteiger charge is 2.16. The Morgan fingerprint density at radius 2 is 2.08 bits per heavy atom. The fourth-order valence-corrected chi connectivity index (χ4v) is 0.799. The topological polar surface area (TPSA) is 100 Å². The van der Waals surface area contributed by atoms with Gasteiger partial charge in [0.1, 0.15) is 5.56 Å². The predicted molar refractivity (Wildman–Crippen MR) is 40.2 cm³/mol. The van der Waals surface area contributed by atoms with Crippen LogP contribution in [-0.2, 0) is 5.11 Å². The molecule has 0 spiro atoms. The zero-order valence-corrected chi connectivity index (χ0v) is 6.26. The molecule has 1 rings (SSSR count). The molecule has 67 valence electrons. The minimum Gasteiger partial charge on any atom is -0.478 e. The molecule has 13 heavy (non-hydrogen) atoms. The molecule has 1 aromatic rings. The Bertz CT molecular complexity index is 373. The van der Waals surface area contributed by atoms with Gasteiger partial charge < -0.3 is 5.11 Å². The van der Waals surface area contributed by atoms with Gasteiger partial charge >= 0.3 is 5.97 Å². The number of carbonyl (C=O) groups is 1. The summed E-state index contributed by atoms with van der Waals surface area (Å²) in [5.74, 6) is -2.20. The van der Waals surface area contributed by atoms with Gasteiger partial charge in [-0.25, -0.2) is 4.79 Å². The van der Waals surface area contributed by atoms with Gasteiger partial charge in [-0.2, -0.15) is 0 Å². The molecule has 0 aliphatic heterocycles. The molecule has 0 bridgehead atoms. The fourth-order valence-electron chi connectivity index (χ4n) is 0.799. The Balaban J connectivity index is 3.27. The number of aromatic carboxylic acids is 1. The van der Waals surface area contributed by atoms with Crippen molar-refractivity contribution in [1.29, 1.82) is 0 Å². The van der Waals surface area contributed by atoms with Gasteiger partial charge in [0.15, 0.2) is 5.75 Å². The Labute approximate surface area is 72.2 Å². The Morgan fingerprint density at radius 3 is 2.54 bits per heavy atom. The summed E-state index contributed by atoms with van der Waals surface area (Å²) in [4.78, 5) is 19.8. The monoisotopic (exact) mass is 182 g/mol. The Morgan fingerprint density at radius 1 is 1.46 bits per heavy atom. The van der Waals surface area contributed by atoms with Crippen molar-refractivity contribution in [2.45, 2.75) is 0 Å². The number of hydrogen-bond acceptors (Lipinski definition) is 3. The van der Waals surface area contributed by atoms with Crippen LogP contribution in [0.15, 0.2) is 18.2 Å². The van der Waals surface area contributed by atoms with E-state index in [2.05, 4.69) is 0 Å². The molecule has 0 unspecified atom stereocenters. The normalized spacial score (nSPS) is 9.54. The zero-order chi connectivity index (χ0) is 10.0. The maximum Gasteiger partial charge on any atom is 0.339 e. The highest BCUT2D eigenvalue weighted by Crippen LogP contribution is 2.23. The van der Waals surface area contributed by atoms with Crippen LogP contribution in [0.1, 0.15) is 10.4 Å². The average molecular weight is 182 g/mol. The third kappa shape index (κ3) is 1.73. The molecule has 0 fully saturated rings. The van der Waals surface area contributed by atoms with Crippen molar-refractivity contribution in [3.63, 3.8) is 0 Å². The summed E-state index contributed by atoms with van der Waals surface area (Å²) in [6, 6.07) is 2.57. The quantitative estimate of drug-likeness (QED) is 0.552. The number of rotatable bonds is 2. The first kappa shape index (κ1) is 8.98. The van der Waals surface area contributed by atoms with Crippen LogP contribution in [0.25, 0.3) is 0 Å². The molecule has 6 nitrogen and oxygen atoms in total. The van der Waals surface area contributed by atoms with Crippen LogP contribution >= 0.6 is 0 Å². The van der Waals surface area contributed by atoms with Crippen LogP contribution in [0.4, 0.5) is 5.69 Å². The highest BCUT2D eigenvalue weighted by atomic mass is 16.6. The van der Waals surface area contributed by atoms with Crippen LogP contribution in [0.3, 0.4) is 0 Å². The van der Waals surface area contributed by atoms with Crippen molar-refractivity contribution in [1.82, 2.24) is 0 Å². The standard InChI is InChI=1S/C7H4NO5/c9-6-2-1-4(8(12)13)3-5(6)7(10)11/h1-3H,(H,10,11). The third-order valence-electron chi connectivity index (χ3n) is 1.40. The van der Waals surface area contributed by atoms with E-state index >= 15 is 0 Å². The van der Waals surface area contributed by atoms with Crippen molar-refractivity contribution in [3.8, 4) is 5.75 Å². The lowest BCUT2D eigenvalue weighted by Crippen LogP contribution is -1.98. The summed E-state index contributed by atoms with van der Waals surface area (Å²) in [5, 5.41) is 29.5. The summed E-state index contributed by atoms with van der Waals surface area (Å²) >= 11 is 0. The molecule has 1 N–H and O–H groups in total. The van der Waals surface area contributed by atoms with Crippen molar-refractivity contribution in [3.05, 3.63) is 33.9 Å². The lowest BCUT2D eigenvalue weighted by Gasteiger charge is -1.95. The number of carboxylic acid groups (broad SMARTS) is 1. The summed E-state index contributed by atoms with van der Waals surface area (Å²) in [6.07, 6.45) is 0. The minimum atomic E-state index is -1.46. The highest BCUT2D eigenvalue weighted by molar-refractivity contribution is 5.91. The summed E-state index contributed by atoms with van der Waals surface area (Å²) < 4.78 is 0. The van der Waals surface area contributed by atoms with Gasteiger partial charge in [-0.15, -0.1) is 0 Å². The second-order valence-corrected chi connectivity index (χ2v) is 2.24. The van der Waals surface area contributed by atoms with Crippen molar-refractivity contribution >= 4 is 11.7 Å². The van der Waals surface area contributed by atoms with E-state index in [1.807, 2.05) is 0 Å². The molecule has 0 aliphatic rings. The zero-order valence-electron chi connectivity index (χ0n) is 6.26. The van der Waals surface area contributed by atoms with E-state index in [9.17, 15) is 20.0 Å². The second-order valence-electron chi connectivity index (χ2n) is 2.24. The molecular formula is C7H4NO5. The second kappa shape index (κ2) is 3.10. The first-order chi connectivity index (χ1) is 6.02. The van der Waals surface area contributed by atoms with Crippen LogP contribution in [-0.4, -0.2) is 16.0 Å². The molecule has 0 amide bonds. The first-order valence-electron chi connectivity index (χ1n) is 3.21. The maximum atomic E-state index is 10.8. The van der Waals surface area contributed by atoms with E-state index in [-0.39, 0.29) is 0 Å². The van der Waals surface area contributed by atoms with E-state index in [1.54, 1.807) is 0 Å². The van der Waals surface area contributed by atoms with E-state index in [1.165, 1.54) is 0 Å². The van der Waals surface area contributed by atoms with Gasteiger partial charge in [-0.3, -0.25) is 15.2 Å². The van der Waals surface area contributed by atoms with Gasteiger partial charge in [-0.05, 0) is 6.07 Å². The third-order valence-corrected chi connectivity index (χ3v) is 1.40. The van der Waals surface area contributed by atoms with Crippen LogP contribution in [0, 0.1) is 10.1 Å². The minimum absolute atomic E-state index is 0.406. The first-order valence-corrected chi connectivity index (χ1v) is 3.21. The Hall–Kier alpha value is -2.11. The lowest BCUT2D eigenvalue weighted by atomic mass is 10.2. The summed E-state index contributed by atoms with van der Waals surface area (Å²) in [5.41, 5.74) is -0.994. The number of nitro groups is 1. The van der Waals surface area contributed by atoms with Crippen molar-refractivity contribution in [2.24, 2.45) is 0 Å². The molecule has 6 heteroatoms. The van der Waals surface area contributed by atoms with Crippen LogP contribution in [0.5, 0.6) is 5.75 Å². The van der Waals surface area contributed by atoms with Gasteiger partial charge in [-0.1, -0.05) is 0 Å². The number of nitrogens with zero attached hydrogens (tertiary/aromatic N) is 1. The van der Waals surface area contributed by atoms with Gasteiger partial charge in [0.2, 0.25) is 0 Å². The van der Waals surface area contributed by atoms with E-state index < -0.39 is 27.9 Å². The van der Waals surface area contributed by atoms with Crippen LogP contribution < -0.4 is 0 Å². The molecular weight excluding hydrogens is 178 g/mol. The number of nitro benzene ring substituents is 1. The number of benzene rings is 1.